The van der Waals surface area contributed by atoms with Crippen LogP contribution < -0.4 is 10.6 Å². The molecule has 0 heterocycles. The Morgan fingerprint density at radius 1 is 1.29 bits per heavy atom. The van der Waals surface area contributed by atoms with Gasteiger partial charge in [-0.25, -0.2) is 0 Å². The molecule has 0 fully saturated rings. The summed E-state index contributed by atoms with van der Waals surface area (Å²) in [7, 11) is 0. The van der Waals surface area contributed by atoms with E-state index in [2.05, 4.69) is 16.6 Å². The van der Waals surface area contributed by atoms with E-state index in [9.17, 15) is 9.59 Å². The minimum Gasteiger partial charge on any atom is -0.343 e. The van der Waals surface area contributed by atoms with Crippen molar-refractivity contribution in [1.29, 1.82) is 0 Å². The van der Waals surface area contributed by atoms with Crippen molar-refractivity contribution in [3.8, 4) is 12.3 Å². The van der Waals surface area contributed by atoms with E-state index in [0.29, 0.717) is 12.0 Å². The molecule has 0 saturated carbocycles. The molecule has 1 rings (SSSR count). The van der Waals surface area contributed by atoms with E-state index in [4.69, 9.17) is 6.42 Å². The highest BCUT2D eigenvalue weighted by Gasteiger charge is 2.22. The second kappa shape index (κ2) is 8.11. The third-order valence-corrected chi connectivity index (χ3v) is 3.08. The Morgan fingerprint density at radius 3 is 2.52 bits per heavy atom. The van der Waals surface area contributed by atoms with Crippen LogP contribution in [0.4, 0.5) is 0 Å². The maximum Gasteiger partial charge on any atom is 0.252 e. The molecule has 0 unspecified atom stereocenters. The lowest BCUT2D eigenvalue weighted by molar-refractivity contribution is -0.123. The average molecular weight is 286 g/mol. The first-order chi connectivity index (χ1) is 9.95. The molecule has 2 N–H and O–H groups in total. The average Bonchev–Trinajstić information content (AvgIpc) is 2.43. The van der Waals surface area contributed by atoms with Gasteiger partial charge in [-0.05, 0) is 30.9 Å². The monoisotopic (exact) mass is 286 g/mol. The van der Waals surface area contributed by atoms with Crippen LogP contribution in [0.1, 0.15) is 36.2 Å². The maximum absolute atomic E-state index is 12.3. The van der Waals surface area contributed by atoms with E-state index in [1.54, 1.807) is 12.1 Å². The van der Waals surface area contributed by atoms with E-state index in [1.165, 1.54) is 0 Å². The summed E-state index contributed by atoms with van der Waals surface area (Å²) in [4.78, 5) is 24.4. The van der Waals surface area contributed by atoms with Gasteiger partial charge in [-0.3, -0.25) is 9.59 Å². The molecule has 4 heteroatoms. The molecule has 2 amide bonds. The van der Waals surface area contributed by atoms with Crippen molar-refractivity contribution >= 4 is 11.8 Å². The third kappa shape index (κ3) is 5.31. The van der Waals surface area contributed by atoms with Crippen molar-refractivity contribution in [2.45, 2.75) is 33.2 Å². The molecule has 0 spiro atoms. The molecule has 0 aliphatic carbocycles. The lowest BCUT2D eigenvalue weighted by Gasteiger charge is -2.20. The van der Waals surface area contributed by atoms with Gasteiger partial charge in [-0.2, -0.15) is 0 Å². The van der Waals surface area contributed by atoms with E-state index in [1.807, 2.05) is 32.9 Å². The number of carbonyl (C=O) groups excluding carboxylic acids is 2. The molecule has 0 radical (unpaired) electrons. The molecule has 4 nitrogen and oxygen atoms in total. The van der Waals surface area contributed by atoms with Crippen molar-refractivity contribution < 1.29 is 9.59 Å². The van der Waals surface area contributed by atoms with E-state index < -0.39 is 6.04 Å². The number of amides is 2. The summed E-state index contributed by atoms with van der Waals surface area (Å²) in [5.41, 5.74) is 1.46. The van der Waals surface area contributed by atoms with Crippen LogP contribution in [0.15, 0.2) is 24.3 Å². The summed E-state index contributed by atoms with van der Waals surface area (Å²) in [6, 6.07) is 6.71. The van der Waals surface area contributed by atoms with Crippen LogP contribution >= 0.6 is 0 Å². The predicted octanol–water partition coefficient (Wildman–Crippen LogP) is 1.89. The number of rotatable bonds is 6. The summed E-state index contributed by atoms with van der Waals surface area (Å²) in [5, 5.41) is 5.41. The van der Waals surface area contributed by atoms with Crippen LogP contribution in [0.5, 0.6) is 0 Å². The van der Waals surface area contributed by atoms with E-state index in [0.717, 1.165) is 5.56 Å². The first-order valence-electron chi connectivity index (χ1n) is 7.03. The van der Waals surface area contributed by atoms with Gasteiger partial charge in [0.25, 0.3) is 5.91 Å². The van der Waals surface area contributed by atoms with Gasteiger partial charge in [0.15, 0.2) is 0 Å². The Kier molecular flexibility index (Phi) is 6.48. The van der Waals surface area contributed by atoms with E-state index in [-0.39, 0.29) is 24.3 Å². The highest BCUT2D eigenvalue weighted by atomic mass is 16.2. The van der Waals surface area contributed by atoms with Gasteiger partial charge in [0.05, 0.1) is 6.54 Å². The fourth-order valence-electron chi connectivity index (χ4n) is 2.03. The Morgan fingerprint density at radius 2 is 1.95 bits per heavy atom. The highest BCUT2D eigenvalue weighted by Crippen LogP contribution is 2.10. The summed E-state index contributed by atoms with van der Waals surface area (Å²) >= 11 is 0. The molecule has 112 valence electrons. The van der Waals surface area contributed by atoms with Crippen molar-refractivity contribution in [3.05, 3.63) is 35.4 Å². The van der Waals surface area contributed by atoms with Crippen LogP contribution in [-0.4, -0.2) is 24.4 Å². The van der Waals surface area contributed by atoms with Gasteiger partial charge in [0.2, 0.25) is 5.91 Å². The van der Waals surface area contributed by atoms with Gasteiger partial charge in [0.1, 0.15) is 6.04 Å². The van der Waals surface area contributed by atoms with Gasteiger partial charge >= 0.3 is 0 Å². The number of carbonyl (C=O) groups is 2. The highest BCUT2D eigenvalue weighted by molar-refractivity contribution is 5.98. The number of aryl methyl sites for hydroxylation is 1. The molecule has 0 bridgehead atoms. The van der Waals surface area contributed by atoms with Gasteiger partial charge < -0.3 is 10.6 Å². The molecule has 1 aromatic carbocycles. The number of hydrogen-bond donors (Lipinski definition) is 2. The predicted molar refractivity (Wildman–Crippen MR) is 83.7 cm³/mol. The van der Waals surface area contributed by atoms with Crippen molar-refractivity contribution in [2.24, 2.45) is 5.92 Å². The molecule has 21 heavy (non-hydrogen) atoms. The standard InChI is InChI=1S/C17H22N2O2/c1-5-10-18-17(21)15(11-12(2)3)19-16(20)14-9-7-6-8-13(14)4/h1,6-9,12,15H,10-11H2,2-4H3,(H,18,21)(H,19,20)/t15-/m1/s1. The first kappa shape index (κ1) is 16.8. The summed E-state index contributed by atoms with van der Waals surface area (Å²) in [5.74, 6) is 2.15. The Bertz CT molecular complexity index is 544. The van der Waals surface area contributed by atoms with Crippen LogP contribution in [-0.2, 0) is 4.79 Å². The van der Waals surface area contributed by atoms with Crippen LogP contribution in [0.25, 0.3) is 0 Å². The number of terminal acetylenes is 1. The Hall–Kier alpha value is -2.28. The number of benzene rings is 1. The summed E-state index contributed by atoms with van der Waals surface area (Å²) < 4.78 is 0. The van der Waals surface area contributed by atoms with Crippen molar-refractivity contribution in [2.75, 3.05) is 6.54 Å². The third-order valence-electron chi connectivity index (χ3n) is 3.08. The fraction of sp³-hybridized carbons (Fsp3) is 0.412. The second-order valence-corrected chi connectivity index (χ2v) is 5.39. The zero-order chi connectivity index (χ0) is 15.8. The zero-order valence-corrected chi connectivity index (χ0v) is 12.8. The van der Waals surface area contributed by atoms with Gasteiger partial charge in [0, 0.05) is 5.56 Å². The normalized spacial score (nSPS) is 11.6. The number of hydrogen-bond acceptors (Lipinski definition) is 2. The molecule has 0 saturated heterocycles. The quantitative estimate of drug-likeness (QED) is 0.785. The molecular weight excluding hydrogens is 264 g/mol. The topological polar surface area (TPSA) is 58.2 Å². The lowest BCUT2D eigenvalue weighted by atomic mass is 10.0. The van der Waals surface area contributed by atoms with Crippen LogP contribution in [0.3, 0.4) is 0 Å². The summed E-state index contributed by atoms with van der Waals surface area (Å²) in [6.45, 7) is 6.03. The zero-order valence-electron chi connectivity index (χ0n) is 12.8. The van der Waals surface area contributed by atoms with Crippen LogP contribution in [0, 0.1) is 25.2 Å². The maximum atomic E-state index is 12.3. The molecule has 1 atom stereocenters. The second-order valence-electron chi connectivity index (χ2n) is 5.39. The molecule has 0 aliphatic rings. The molecule has 0 aliphatic heterocycles. The van der Waals surface area contributed by atoms with Gasteiger partial charge in [-0.15, -0.1) is 6.42 Å². The minimum absolute atomic E-state index is 0.160. The Balaban J connectivity index is 2.81. The Labute approximate surface area is 126 Å². The van der Waals surface area contributed by atoms with Gasteiger partial charge in [-0.1, -0.05) is 38.0 Å². The molecular formula is C17H22N2O2. The molecule has 0 aromatic heterocycles. The largest absolute Gasteiger partial charge is 0.343 e. The number of nitrogens with one attached hydrogen (secondary N) is 2. The first-order valence-corrected chi connectivity index (χ1v) is 7.03. The smallest absolute Gasteiger partial charge is 0.252 e. The van der Waals surface area contributed by atoms with Crippen molar-refractivity contribution in [1.82, 2.24) is 10.6 Å². The SMILES string of the molecule is C#CCNC(=O)[C@@H](CC(C)C)NC(=O)c1ccccc1C. The fourth-order valence-corrected chi connectivity index (χ4v) is 2.03. The van der Waals surface area contributed by atoms with Crippen LogP contribution in [0.2, 0.25) is 0 Å². The summed E-state index contributed by atoms with van der Waals surface area (Å²) in [6.07, 6.45) is 5.70. The van der Waals surface area contributed by atoms with Crippen molar-refractivity contribution in [3.63, 3.8) is 0 Å². The van der Waals surface area contributed by atoms with E-state index >= 15 is 0 Å². The minimum atomic E-state index is -0.578. The molecule has 1 aromatic rings. The lowest BCUT2D eigenvalue weighted by Crippen LogP contribution is -2.47.